The number of nitrogens with one attached hydrogen (secondary N) is 1. The Hall–Kier alpha value is -2.89. The van der Waals surface area contributed by atoms with Crippen molar-refractivity contribution in [3.63, 3.8) is 0 Å². The topological polar surface area (TPSA) is 58.2 Å². The highest BCUT2D eigenvalue weighted by Gasteiger charge is 2.27. The first kappa shape index (κ1) is 18.5. The van der Waals surface area contributed by atoms with Gasteiger partial charge in [0.1, 0.15) is 17.2 Å². The average Bonchev–Trinajstić information content (AvgIpc) is 3.21. The van der Waals surface area contributed by atoms with Crippen LogP contribution in [0.5, 0.6) is 5.75 Å². The van der Waals surface area contributed by atoms with Gasteiger partial charge in [-0.3, -0.25) is 4.79 Å². The van der Waals surface area contributed by atoms with Crippen LogP contribution < -0.4 is 4.74 Å². The number of fused-ring (bicyclic) bond motifs is 1. The number of ether oxygens (including phenoxy) is 1. The number of halogens is 1. The molecule has 0 bridgehead atoms. The molecule has 1 aliphatic rings. The maximum absolute atomic E-state index is 14.5. The molecule has 0 radical (unpaired) electrons. The van der Waals surface area contributed by atoms with Crippen molar-refractivity contribution in [3.8, 4) is 5.75 Å². The number of aromatic nitrogens is 2. The molecule has 28 heavy (non-hydrogen) atoms. The summed E-state index contributed by atoms with van der Waals surface area (Å²) in [5.41, 5.74) is 2.08. The van der Waals surface area contributed by atoms with Gasteiger partial charge in [0.05, 0.1) is 12.8 Å². The van der Waals surface area contributed by atoms with Crippen molar-refractivity contribution in [2.45, 2.75) is 32.1 Å². The number of likely N-dealkylation sites (tertiary alicyclic amines) is 1. The first-order chi connectivity index (χ1) is 13.7. The predicted octanol–water partition coefficient (Wildman–Crippen LogP) is 4.51. The van der Waals surface area contributed by atoms with E-state index in [-0.39, 0.29) is 17.6 Å². The first-order valence-electron chi connectivity index (χ1n) is 9.81. The van der Waals surface area contributed by atoms with Crippen molar-refractivity contribution in [1.82, 2.24) is 14.9 Å². The van der Waals surface area contributed by atoms with Gasteiger partial charge in [0.25, 0.3) is 5.91 Å². The van der Waals surface area contributed by atoms with Crippen molar-refractivity contribution < 1.29 is 13.9 Å². The number of H-pyrrole nitrogens is 1. The summed E-state index contributed by atoms with van der Waals surface area (Å²) < 4.78 is 20.0. The third-order valence-corrected chi connectivity index (χ3v) is 5.34. The van der Waals surface area contributed by atoms with Gasteiger partial charge < -0.3 is 14.6 Å². The Bertz CT molecular complexity index is 960. The summed E-state index contributed by atoms with van der Waals surface area (Å²) >= 11 is 0. The van der Waals surface area contributed by atoms with E-state index in [1.807, 2.05) is 35.2 Å². The van der Waals surface area contributed by atoms with Crippen molar-refractivity contribution >= 4 is 16.9 Å². The number of carbonyl (C=O) groups is 1. The van der Waals surface area contributed by atoms with Crippen molar-refractivity contribution in [2.24, 2.45) is 0 Å². The van der Waals surface area contributed by atoms with Crippen LogP contribution in [-0.2, 0) is 0 Å². The molecule has 0 atom stereocenters. The SMILES string of the molecule is CCCOc1ccc(C(=O)N2CCC(c3c(F)cnc4[nH]ccc34)CC2)cc1. The molecular formula is C22H24FN3O2. The molecule has 2 aromatic heterocycles. The molecule has 0 unspecified atom stereocenters. The molecule has 0 aliphatic carbocycles. The van der Waals surface area contributed by atoms with E-state index in [2.05, 4.69) is 16.9 Å². The molecule has 3 heterocycles. The molecule has 1 saturated heterocycles. The third-order valence-electron chi connectivity index (χ3n) is 5.34. The van der Waals surface area contributed by atoms with Gasteiger partial charge >= 0.3 is 0 Å². The number of rotatable bonds is 5. The number of pyridine rings is 1. The molecule has 0 spiro atoms. The Balaban J connectivity index is 1.43. The molecule has 3 aromatic rings. The molecule has 1 aliphatic heterocycles. The monoisotopic (exact) mass is 381 g/mol. The van der Waals surface area contributed by atoms with Crippen molar-refractivity contribution in [2.75, 3.05) is 19.7 Å². The fraction of sp³-hybridized carbons (Fsp3) is 0.364. The van der Waals surface area contributed by atoms with E-state index < -0.39 is 0 Å². The van der Waals surface area contributed by atoms with Gasteiger partial charge in [-0.2, -0.15) is 0 Å². The zero-order valence-electron chi connectivity index (χ0n) is 16.0. The number of piperidine rings is 1. The van der Waals surface area contributed by atoms with Crippen LogP contribution >= 0.6 is 0 Å². The number of benzene rings is 1. The molecule has 1 aromatic carbocycles. The smallest absolute Gasteiger partial charge is 0.253 e. The Morgan fingerprint density at radius 3 is 2.71 bits per heavy atom. The van der Waals surface area contributed by atoms with E-state index in [0.29, 0.717) is 30.9 Å². The fourth-order valence-corrected chi connectivity index (χ4v) is 3.89. The number of carbonyl (C=O) groups excluding carboxylic acids is 1. The lowest BCUT2D eigenvalue weighted by atomic mass is 9.87. The van der Waals surface area contributed by atoms with Crippen molar-refractivity contribution in [1.29, 1.82) is 0 Å². The minimum absolute atomic E-state index is 0.0162. The van der Waals surface area contributed by atoms with E-state index in [9.17, 15) is 9.18 Å². The lowest BCUT2D eigenvalue weighted by molar-refractivity contribution is 0.0712. The molecular weight excluding hydrogens is 357 g/mol. The maximum Gasteiger partial charge on any atom is 0.253 e. The highest BCUT2D eigenvalue weighted by molar-refractivity contribution is 5.94. The number of amides is 1. The van der Waals surface area contributed by atoms with Crippen molar-refractivity contribution in [3.05, 3.63) is 59.7 Å². The number of hydrogen-bond donors (Lipinski definition) is 1. The molecule has 146 valence electrons. The molecule has 6 heteroatoms. The number of hydrogen-bond acceptors (Lipinski definition) is 3. The normalized spacial score (nSPS) is 15.1. The van der Waals surface area contributed by atoms with Crippen LogP contribution in [0.15, 0.2) is 42.7 Å². The van der Waals surface area contributed by atoms with Gasteiger partial charge in [0, 0.05) is 35.8 Å². The van der Waals surface area contributed by atoms with Crippen LogP contribution in [0, 0.1) is 5.82 Å². The van der Waals surface area contributed by atoms with Crippen LogP contribution in [0.4, 0.5) is 4.39 Å². The number of aromatic amines is 1. The van der Waals surface area contributed by atoms with E-state index in [0.717, 1.165) is 36.0 Å². The highest BCUT2D eigenvalue weighted by Crippen LogP contribution is 2.34. The molecule has 1 N–H and O–H groups in total. The van der Waals surface area contributed by atoms with Crippen LogP contribution in [0.25, 0.3) is 11.0 Å². The minimum Gasteiger partial charge on any atom is -0.494 e. The predicted molar refractivity (Wildman–Crippen MR) is 106 cm³/mol. The molecule has 1 fully saturated rings. The van der Waals surface area contributed by atoms with Crippen LogP contribution in [0.3, 0.4) is 0 Å². The second kappa shape index (κ2) is 8.00. The fourth-order valence-electron chi connectivity index (χ4n) is 3.89. The quantitative estimate of drug-likeness (QED) is 0.707. The highest BCUT2D eigenvalue weighted by atomic mass is 19.1. The lowest BCUT2D eigenvalue weighted by Crippen LogP contribution is -2.38. The zero-order valence-corrected chi connectivity index (χ0v) is 16.0. The third kappa shape index (κ3) is 3.59. The van der Waals surface area contributed by atoms with Gasteiger partial charge in [-0.25, -0.2) is 9.37 Å². The Morgan fingerprint density at radius 2 is 2.00 bits per heavy atom. The Morgan fingerprint density at radius 1 is 1.25 bits per heavy atom. The molecule has 1 amide bonds. The summed E-state index contributed by atoms with van der Waals surface area (Å²) in [5.74, 6) is 0.623. The molecule has 4 rings (SSSR count). The molecule has 0 saturated carbocycles. The van der Waals surface area contributed by atoms with E-state index in [1.54, 1.807) is 6.20 Å². The summed E-state index contributed by atoms with van der Waals surface area (Å²) in [7, 11) is 0. The summed E-state index contributed by atoms with van der Waals surface area (Å²) in [6.07, 6.45) is 5.50. The van der Waals surface area contributed by atoms with Gasteiger partial charge in [0.15, 0.2) is 0 Å². The standard InChI is InChI=1S/C22H24FN3O2/c1-2-13-28-17-5-3-16(4-6-17)22(27)26-11-8-15(9-12-26)20-18-7-10-24-21(18)25-14-19(20)23/h3-7,10,14-15H,2,8-9,11-13H2,1H3,(H,24,25). The van der Waals surface area contributed by atoms with Gasteiger partial charge in [-0.15, -0.1) is 0 Å². The minimum atomic E-state index is -0.264. The van der Waals surface area contributed by atoms with E-state index in [1.165, 1.54) is 6.20 Å². The van der Waals surface area contributed by atoms with Gasteiger partial charge in [0.2, 0.25) is 0 Å². The zero-order chi connectivity index (χ0) is 19.5. The lowest BCUT2D eigenvalue weighted by Gasteiger charge is -2.32. The largest absolute Gasteiger partial charge is 0.494 e. The summed E-state index contributed by atoms with van der Waals surface area (Å²) in [6, 6.07) is 9.17. The Labute approximate surface area is 163 Å². The molecule has 5 nitrogen and oxygen atoms in total. The van der Waals surface area contributed by atoms with Crippen LogP contribution in [0.2, 0.25) is 0 Å². The second-order valence-electron chi connectivity index (χ2n) is 7.20. The van der Waals surface area contributed by atoms with Crippen LogP contribution in [-0.4, -0.2) is 40.5 Å². The maximum atomic E-state index is 14.5. The summed E-state index contributed by atoms with van der Waals surface area (Å²) in [6.45, 7) is 3.96. The summed E-state index contributed by atoms with van der Waals surface area (Å²) in [5, 5.41) is 0.840. The van der Waals surface area contributed by atoms with Gasteiger partial charge in [-0.1, -0.05) is 6.92 Å². The first-order valence-corrected chi connectivity index (χ1v) is 9.81. The van der Waals surface area contributed by atoms with Crippen LogP contribution in [0.1, 0.15) is 48.0 Å². The summed E-state index contributed by atoms with van der Waals surface area (Å²) in [4.78, 5) is 21.8. The van der Waals surface area contributed by atoms with E-state index >= 15 is 0 Å². The van der Waals surface area contributed by atoms with E-state index in [4.69, 9.17) is 4.74 Å². The average molecular weight is 381 g/mol. The van der Waals surface area contributed by atoms with Gasteiger partial charge in [-0.05, 0) is 55.5 Å². The second-order valence-corrected chi connectivity index (χ2v) is 7.20. The Kier molecular flexibility index (Phi) is 5.28. The number of nitrogens with zero attached hydrogens (tertiary/aromatic N) is 2.